The summed E-state index contributed by atoms with van der Waals surface area (Å²) in [4.78, 5) is 25.6. The minimum atomic E-state index is -0.419. The number of esters is 1. The van der Waals surface area contributed by atoms with Crippen molar-refractivity contribution in [3.05, 3.63) is 137 Å². The van der Waals surface area contributed by atoms with E-state index >= 15 is 0 Å². The Morgan fingerprint density at radius 2 is 1.36 bits per heavy atom. The first kappa shape index (κ1) is 40.8. The zero-order valence-corrected chi connectivity index (χ0v) is 32.3. The van der Waals surface area contributed by atoms with Crippen molar-refractivity contribution in [2.75, 3.05) is 7.11 Å². The largest absolute Gasteiger partial charge is 0.465 e. The van der Waals surface area contributed by atoms with Crippen molar-refractivity contribution in [2.45, 2.75) is 52.7 Å². The van der Waals surface area contributed by atoms with Crippen molar-refractivity contribution in [3.8, 4) is 0 Å². The van der Waals surface area contributed by atoms with Crippen LogP contribution in [0.1, 0.15) is 70.7 Å². The Morgan fingerprint density at radius 1 is 0.844 bits per heavy atom. The Labute approximate surface area is 302 Å². The molecule has 0 bridgehead atoms. The molecule has 0 radical (unpaired) electrons. The predicted octanol–water partition coefficient (Wildman–Crippen LogP) is 11.2. The lowest BCUT2D eigenvalue weighted by molar-refractivity contribution is 0.0599. The van der Waals surface area contributed by atoms with Crippen LogP contribution >= 0.6 is 71.0 Å². The fourth-order valence-electron chi connectivity index (χ4n) is 4.04. The van der Waals surface area contributed by atoms with E-state index in [0.29, 0.717) is 46.1 Å². The van der Waals surface area contributed by atoms with Crippen LogP contribution in [0, 0.1) is 0 Å². The van der Waals surface area contributed by atoms with Crippen molar-refractivity contribution in [1.29, 1.82) is 0 Å². The zero-order chi connectivity index (χ0) is 33.9. The van der Waals surface area contributed by atoms with E-state index in [1.165, 1.54) is 12.7 Å². The molecule has 5 rings (SSSR count). The van der Waals surface area contributed by atoms with Crippen LogP contribution in [-0.2, 0) is 29.7 Å². The van der Waals surface area contributed by atoms with Gasteiger partial charge in [-0.3, -0.25) is 4.79 Å². The van der Waals surface area contributed by atoms with Crippen molar-refractivity contribution in [3.63, 3.8) is 0 Å². The van der Waals surface area contributed by atoms with Gasteiger partial charge in [0.2, 0.25) is 0 Å². The van der Waals surface area contributed by atoms with Gasteiger partial charge in [-0.2, -0.15) is 0 Å². The number of amides is 1. The number of hydrogen-bond donors (Lipinski definition) is 1. The lowest BCUT2D eigenvalue weighted by atomic mass is 10.1. The number of rotatable bonds is 5. The first-order valence-electron chi connectivity index (χ1n) is 14.4. The SMILES string of the molecule is CC.CC.COC(=O)c1c(Cl)cc(Br)cc1CBr.NCc1ccccc1.O=C1c2c(Cl)cc(Br)cc2CN1Cc1ccccc1. The van der Waals surface area contributed by atoms with Gasteiger partial charge in [0, 0.05) is 33.9 Å². The highest BCUT2D eigenvalue weighted by Crippen LogP contribution is 2.33. The zero-order valence-electron chi connectivity index (χ0n) is 26.1. The molecule has 0 saturated carbocycles. The molecule has 2 N–H and O–H groups in total. The third-order valence-corrected chi connectivity index (χ3v) is 8.08. The summed E-state index contributed by atoms with van der Waals surface area (Å²) in [7, 11) is 1.33. The van der Waals surface area contributed by atoms with Crippen LogP contribution in [0.25, 0.3) is 0 Å². The summed E-state index contributed by atoms with van der Waals surface area (Å²) in [5, 5.41) is 1.46. The van der Waals surface area contributed by atoms with Gasteiger partial charge in [-0.15, -0.1) is 0 Å². The number of nitrogens with two attached hydrogens (primary N) is 1. The Bertz CT molecular complexity index is 1490. The number of methoxy groups -OCH3 is 1. The number of alkyl halides is 1. The van der Waals surface area contributed by atoms with Gasteiger partial charge in [0.15, 0.2) is 0 Å². The van der Waals surface area contributed by atoms with Crippen molar-refractivity contribution < 1.29 is 14.3 Å². The van der Waals surface area contributed by atoms with E-state index in [-0.39, 0.29) is 5.91 Å². The Hall–Kier alpha value is -2.20. The summed E-state index contributed by atoms with van der Waals surface area (Å²) >= 11 is 22.1. The number of carbonyl (C=O) groups is 2. The average Bonchev–Trinajstić information content (AvgIpc) is 3.37. The van der Waals surface area contributed by atoms with Gasteiger partial charge in [0.05, 0.1) is 28.3 Å². The third kappa shape index (κ3) is 12.8. The van der Waals surface area contributed by atoms with Crippen LogP contribution < -0.4 is 5.73 Å². The molecule has 0 atom stereocenters. The molecular formula is C35H39Br3Cl2N2O3. The predicted molar refractivity (Wildman–Crippen MR) is 199 cm³/mol. The normalized spacial score (nSPS) is 10.8. The van der Waals surface area contributed by atoms with E-state index in [1.54, 1.807) is 12.1 Å². The maximum absolute atomic E-state index is 12.4. The van der Waals surface area contributed by atoms with E-state index < -0.39 is 5.97 Å². The summed E-state index contributed by atoms with van der Waals surface area (Å²) in [6, 6.07) is 27.2. The fourth-order valence-corrected chi connectivity index (χ4v) is 6.39. The van der Waals surface area contributed by atoms with E-state index in [9.17, 15) is 9.59 Å². The highest BCUT2D eigenvalue weighted by atomic mass is 79.9. The minimum absolute atomic E-state index is 0.0105. The Kier molecular flexibility index (Phi) is 20.3. The van der Waals surface area contributed by atoms with Crippen molar-refractivity contribution in [2.24, 2.45) is 5.73 Å². The molecule has 1 aliphatic heterocycles. The lowest BCUT2D eigenvalue weighted by Gasteiger charge is -2.15. The Balaban J connectivity index is 0.000000342. The summed E-state index contributed by atoms with van der Waals surface area (Å²) in [6.07, 6.45) is 0. The molecule has 0 spiro atoms. The second-order valence-corrected chi connectivity index (χ2v) is 12.0. The fraction of sp³-hybridized carbons (Fsp3) is 0.257. The topological polar surface area (TPSA) is 72.6 Å². The van der Waals surface area contributed by atoms with Gasteiger partial charge in [-0.1, -0.05) is 159 Å². The molecular weight excluding hydrogens is 807 g/mol. The molecule has 1 amide bonds. The number of carbonyl (C=O) groups excluding carboxylic acids is 2. The minimum Gasteiger partial charge on any atom is -0.465 e. The first-order valence-corrected chi connectivity index (χ1v) is 17.8. The number of halogens is 5. The number of ether oxygens (including phenoxy) is 1. The van der Waals surface area contributed by atoms with Crippen LogP contribution in [-0.4, -0.2) is 23.9 Å². The monoisotopic (exact) mass is 842 g/mol. The maximum Gasteiger partial charge on any atom is 0.339 e. The first-order chi connectivity index (χ1) is 21.7. The molecule has 242 valence electrons. The third-order valence-electron chi connectivity index (χ3n) is 5.96. The molecule has 10 heteroatoms. The summed E-state index contributed by atoms with van der Waals surface area (Å²) in [6.45, 7) is 9.87. The average molecular weight is 846 g/mol. The van der Waals surface area contributed by atoms with Gasteiger partial charge in [0.25, 0.3) is 5.91 Å². The second kappa shape index (κ2) is 22.3. The van der Waals surface area contributed by atoms with E-state index in [4.69, 9.17) is 28.9 Å². The summed E-state index contributed by atoms with van der Waals surface area (Å²) in [5.74, 6) is -0.409. The molecule has 0 aromatic heterocycles. The molecule has 1 heterocycles. The lowest BCUT2D eigenvalue weighted by Crippen LogP contribution is -2.23. The Morgan fingerprint density at radius 3 is 1.84 bits per heavy atom. The molecule has 45 heavy (non-hydrogen) atoms. The van der Waals surface area contributed by atoms with Crippen LogP contribution in [0.5, 0.6) is 0 Å². The molecule has 5 nitrogen and oxygen atoms in total. The summed E-state index contributed by atoms with van der Waals surface area (Å²) in [5.41, 5.74) is 10.5. The molecule has 0 fully saturated rings. The number of hydrogen-bond acceptors (Lipinski definition) is 4. The second-order valence-electron chi connectivity index (χ2n) is 8.81. The number of nitrogens with zero attached hydrogens (tertiary/aromatic N) is 1. The van der Waals surface area contributed by atoms with Crippen LogP contribution in [0.4, 0.5) is 0 Å². The molecule has 1 aliphatic rings. The maximum atomic E-state index is 12.4. The van der Waals surface area contributed by atoms with E-state index in [0.717, 1.165) is 25.6 Å². The van der Waals surface area contributed by atoms with Crippen molar-refractivity contribution >= 4 is 82.9 Å². The standard InChI is InChI=1S/C15H11BrClNO.C9H7Br2ClO2.C7H9N.2C2H6/c16-12-6-11-9-18(8-10-4-2-1-3-5-10)15(19)14(11)13(17)7-12;1-14-9(13)8-5(4-10)2-6(11)3-7(8)12;8-6-7-4-2-1-3-5-7;2*1-2/h1-7H,8-9H2;2-3H,4H2,1H3;1-5H,6,8H2;2*1-2H3. The molecule has 4 aromatic rings. The highest BCUT2D eigenvalue weighted by Gasteiger charge is 2.30. The van der Waals surface area contributed by atoms with Gasteiger partial charge >= 0.3 is 5.97 Å². The number of fused-ring (bicyclic) bond motifs is 1. The smallest absolute Gasteiger partial charge is 0.339 e. The van der Waals surface area contributed by atoms with Gasteiger partial charge in [-0.25, -0.2) is 4.79 Å². The molecule has 4 aromatic carbocycles. The summed E-state index contributed by atoms with van der Waals surface area (Å²) < 4.78 is 6.39. The molecule has 0 aliphatic carbocycles. The van der Waals surface area contributed by atoms with Crippen molar-refractivity contribution in [1.82, 2.24) is 4.90 Å². The van der Waals surface area contributed by atoms with E-state index in [2.05, 4.69) is 52.5 Å². The van der Waals surface area contributed by atoms with Crippen LogP contribution in [0.3, 0.4) is 0 Å². The van der Waals surface area contributed by atoms with Crippen LogP contribution in [0.2, 0.25) is 10.0 Å². The molecule has 0 unspecified atom stereocenters. The van der Waals surface area contributed by atoms with E-state index in [1.807, 2.05) is 105 Å². The highest BCUT2D eigenvalue weighted by molar-refractivity contribution is 9.10. The number of benzene rings is 4. The van der Waals surface area contributed by atoms with Crippen LogP contribution in [0.15, 0.2) is 93.9 Å². The molecule has 0 saturated heterocycles. The van der Waals surface area contributed by atoms with Gasteiger partial charge in [-0.05, 0) is 46.5 Å². The van der Waals surface area contributed by atoms with Gasteiger partial charge in [0.1, 0.15) is 0 Å². The van der Waals surface area contributed by atoms with Gasteiger partial charge < -0.3 is 15.4 Å². The quantitative estimate of drug-likeness (QED) is 0.160.